The van der Waals surface area contributed by atoms with E-state index in [1.54, 1.807) is 9.58 Å². The fourth-order valence-electron chi connectivity index (χ4n) is 3.79. The number of piperazine rings is 1. The molecule has 4 rings (SSSR count). The van der Waals surface area contributed by atoms with Gasteiger partial charge in [-0.2, -0.15) is 5.10 Å². The molecule has 2 aromatic heterocycles. The van der Waals surface area contributed by atoms with Crippen molar-refractivity contribution in [2.24, 2.45) is 7.05 Å². The molecule has 1 aromatic carbocycles. The van der Waals surface area contributed by atoms with E-state index < -0.39 is 5.82 Å². The smallest absolute Gasteiger partial charge is 0.258 e. The summed E-state index contributed by atoms with van der Waals surface area (Å²) in [6, 6.07) is 4.28. The molecule has 1 saturated heterocycles. The van der Waals surface area contributed by atoms with Crippen molar-refractivity contribution in [2.45, 2.75) is 26.7 Å². The number of halogens is 2. The monoisotopic (exact) mass is 430 g/mol. The van der Waals surface area contributed by atoms with Crippen molar-refractivity contribution < 1.29 is 9.18 Å². The molecule has 0 atom stereocenters. The number of hydrogen-bond donors (Lipinski definition) is 0. The lowest BCUT2D eigenvalue weighted by atomic mass is 10.1. The molecule has 1 amide bonds. The van der Waals surface area contributed by atoms with E-state index in [0.29, 0.717) is 26.2 Å². The van der Waals surface area contributed by atoms with E-state index >= 15 is 0 Å². The van der Waals surface area contributed by atoms with Crippen molar-refractivity contribution in [3.05, 3.63) is 46.1 Å². The lowest BCUT2D eigenvalue weighted by molar-refractivity contribution is 0.0742. The number of aromatic nitrogens is 4. The molecular weight excluding hydrogens is 407 g/mol. The molecule has 0 spiro atoms. The zero-order valence-electron chi connectivity index (χ0n) is 17.5. The molecule has 158 valence electrons. The maximum Gasteiger partial charge on any atom is 0.258 e. The van der Waals surface area contributed by atoms with Crippen LogP contribution in [0.1, 0.15) is 41.6 Å². The molecule has 0 unspecified atom stereocenters. The van der Waals surface area contributed by atoms with Gasteiger partial charge in [-0.1, -0.05) is 31.5 Å². The molecule has 9 heteroatoms. The van der Waals surface area contributed by atoms with Gasteiger partial charge >= 0.3 is 0 Å². The predicted molar refractivity (Wildman–Crippen MR) is 115 cm³/mol. The van der Waals surface area contributed by atoms with Gasteiger partial charge in [-0.25, -0.2) is 14.4 Å². The summed E-state index contributed by atoms with van der Waals surface area (Å²) in [5.41, 5.74) is 2.53. The van der Waals surface area contributed by atoms with Gasteiger partial charge in [-0.15, -0.1) is 0 Å². The van der Waals surface area contributed by atoms with Crippen molar-refractivity contribution in [3.8, 4) is 0 Å². The van der Waals surface area contributed by atoms with Crippen LogP contribution in [-0.2, 0) is 7.05 Å². The van der Waals surface area contributed by atoms with Gasteiger partial charge in [0.2, 0.25) is 0 Å². The maximum absolute atomic E-state index is 14.2. The summed E-state index contributed by atoms with van der Waals surface area (Å²) in [5, 5.41) is 4.65. The van der Waals surface area contributed by atoms with Crippen molar-refractivity contribution in [1.82, 2.24) is 24.6 Å². The average molecular weight is 431 g/mol. The van der Waals surface area contributed by atoms with Crippen LogP contribution in [0.3, 0.4) is 0 Å². The summed E-state index contributed by atoms with van der Waals surface area (Å²) in [6.07, 6.45) is 0. The Labute approximate surface area is 179 Å². The van der Waals surface area contributed by atoms with Gasteiger partial charge in [0.05, 0.1) is 16.3 Å². The van der Waals surface area contributed by atoms with Crippen LogP contribution in [0.4, 0.5) is 10.2 Å². The third-order valence-electron chi connectivity index (χ3n) is 5.41. The minimum Gasteiger partial charge on any atom is -0.351 e. The van der Waals surface area contributed by atoms with E-state index in [1.165, 1.54) is 18.2 Å². The van der Waals surface area contributed by atoms with E-state index in [2.05, 4.69) is 23.8 Å². The first kappa shape index (κ1) is 20.5. The molecule has 30 heavy (non-hydrogen) atoms. The fourth-order valence-corrected chi connectivity index (χ4v) is 4.04. The van der Waals surface area contributed by atoms with Crippen LogP contribution in [0.25, 0.3) is 11.0 Å². The first-order valence-corrected chi connectivity index (χ1v) is 10.3. The third kappa shape index (κ3) is 3.49. The van der Waals surface area contributed by atoms with Gasteiger partial charge in [0.25, 0.3) is 5.91 Å². The summed E-state index contributed by atoms with van der Waals surface area (Å²) in [7, 11) is 1.89. The van der Waals surface area contributed by atoms with Gasteiger partial charge in [0, 0.05) is 39.1 Å². The number of carbonyl (C=O) groups is 1. The first-order valence-electron chi connectivity index (χ1n) is 9.97. The molecule has 0 aliphatic carbocycles. The van der Waals surface area contributed by atoms with Crippen molar-refractivity contribution in [3.63, 3.8) is 0 Å². The van der Waals surface area contributed by atoms with E-state index in [9.17, 15) is 9.18 Å². The van der Waals surface area contributed by atoms with Crippen LogP contribution < -0.4 is 4.90 Å². The second-order valence-corrected chi connectivity index (χ2v) is 8.25. The summed E-state index contributed by atoms with van der Waals surface area (Å²) in [6.45, 7) is 8.11. The minimum atomic E-state index is -0.598. The van der Waals surface area contributed by atoms with Crippen molar-refractivity contribution >= 4 is 34.4 Å². The topological polar surface area (TPSA) is 67.2 Å². The van der Waals surface area contributed by atoms with Crippen LogP contribution in [0.2, 0.25) is 5.02 Å². The number of rotatable bonds is 3. The molecule has 7 nitrogen and oxygen atoms in total. The molecule has 1 aliphatic rings. The van der Waals surface area contributed by atoms with Gasteiger partial charge in [-0.05, 0) is 19.1 Å². The summed E-state index contributed by atoms with van der Waals surface area (Å²) in [4.78, 5) is 26.2. The molecule has 0 radical (unpaired) electrons. The van der Waals surface area contributed by atoms with Crippen LogP contribution in [-0.4, -0.2) is 56.7 Å². The second-order valence-electron chi connectivity index (χ2n) is 7.84. The van der Waals surface area contributed by atoms with Crippen LogP contribution in [0, 0.1) is 12.7 Å². The predicted octanol–water partition coefficient (Wildman–Crippen LogP) is 3.55. The molecular formula is C21H24ClFN6O. The Kier molecular flexibility index (Phi) is 5.36. The molecule has 0 saturated carbocycles. The number of anilines is 1. The zero-order valence-corrected chi connectivity index (χ0v) is 18.2. The maximum atomic E-state index is 14.2. The quantitative estimate of drug-likeness (QED) is 0.635. The van der Waals surface area contributed by atoms with Gasteiger partial charge < -0.3 is 9.80 Å². The highest BCUT2D eigenvalue weighted by molar-refractivity contribution is 6.33. The number of nitrogens with zero attached hydrogens (tertiary/aromatic N) is 6. The van der Waals surface area contributed by atoms with Crippen molar-refractivity contribution in [2.75, 3.05) is 31.1 Å². The Morgan fingerprint density at radius 1 is 1.17 bits per heavy atom. The Morgan fingerprint density at radius 2 is 1.87 bits per heavy atom. The second kappa shape index (κ2) is 7.83. The number of fused-ring (bicyclic) bond motifs is 1. The minimum absolute atomic E-state index is 0.0682. The molecule has 1 aliphatic heterocycles. The number of aryl methyl sites for hydroxylation is 2. The van der Waals surface area contributed by atoms with E-state index in [1.807, 2.05) is 14.0 Å². The van der Waals surface area contributed by atoms with E-state index in [-0.39, 0.29) is 22.4 Å². The Morgan fingerprint density at radius 3 is 2.50 bits per heavy atom. The Hall–Kier alpha value is -2.74. The van der Waals surface area contributed by atoms with E-state index in [4.69, 9.17) is 21.6 Å². The van der Waals surface area contributed by atoms with Crippen LogP contribution in [0.5, 0.6) is 0 Å². The number of amides is 1. The van der Waals surface area contributed by atoms with Gasteiger partial charge in [-0.3, -0.25) is 9.48 Å². The van der Waals surface area contributed by atoms with Crippen LogP contribution >= 0.6 is 11.6 Å². The molecule has 0 bridgehead atoms. The standard InChI is InChI=1S/C21H24ClFN6O/c1-12(2)19-24-17-13(3)26-27(4)18(17)20(25-19)28-8-10-29(11-9-28)21(30)16-14(22)6-5-7-15(16)23/h5-7,12H,8-11H2,1-4H3. The molecule has 3 aromatic rings. The number of carbonyl (C=O) groups excluding carboxylic acids is 1. The van der Waals surface area contributed by atoms with Gasteiger partial charge in [0.1, 0.15) is 22.7 Å². The highest BCUT2D eigenvalue weighted by Crippen LogP contribution is 2.29. The largest absolute Gasteiger partial charge is 0.351 e. The van der Waals surface area contributed by atoms with E-state index in [0.717, 1.165) is 28.4 Å². The first-order chi connectivity index (χ1) is 14.3. The lowest BCUT2D eigenvalue weighted by Gasteiger charge is -2.36. The zero-order chi connectivity index (χ0) is 21.6. The Balaban J connectivity index is 1.62. The number of hydrogen-bond acceptors (Lipinski definition) is 5. The van der Waals surface area contributed by atoms with Crippen molar-refractivity contribution in [1.29, 1.82) is 0 Å². The highest BCUT2D eigenvalue weighted by Gasteiger charge is 2.28. The van der Waals surface area contributed by atoms with Gasteiger partial charge in [0.15, 0.2) is 5.82 Å². The fraction of sp³-hybridized carbons (Fsp3) is 0.429. The molecule has 0 N–H and O–H groups in total. The lowest BCUT2D eigenvalue weighted by Crippen LogP contribution is -2.49. The Bertz CT molecular complexity index is 1100. The third-order valence-corrected chi connectivity index (χ3v) is 5.72. The summed E-state index contributed by atoms with van der Waals surface area (Å²) >= 11 is 6.08. The SMILES string of the molecule is Cc1nn(C)c2c(N3CCN(C(=O)c4c(F)cccc4Cl)CC3)nc(C(C)C)nc12. The highest BCUT2D eigenvalue weighted by atomic mass is 35.5. The normalized spacial score (nSPS) is 14.8. The average Bonchev–Trinajstić information content (AvgIpc) is 3.01. The molecule has 3 heterocycles. The summed E-state index contributed by atoms with van der Waals surface area (Å²) < 4.78 is 16.0. The molecule has 1 fully saturated rings. The number of benzene rings is 1. The van der Waals surface area contributed by atoms with Crippen LogP contribution in [0.15, 0.2) is 18.2 Å². The summed E-state index contributed by atoms with van der Waals surface area (Å²) in [5.74, 6) is 0.788.